The molecule has 39 heavy (non-hydrogen) atoms. The van der Waals surface area contributed by atoms with Gasteiger partial charge in [-0.1, -0.05) is 54.1 Å². The summed E-state index contributed by atoms with van der Waals surface area (Å²) in [5.74, 6) is -1.64. The number of hydrogen-bond acceptors (Lipinski definition) is 5. The number of alkyl carbamates (subject to hydrolysis) is 1. The van der Waals surface area contributed by atoms with Crippen LogP contribution in [0.1, 0.15) is 61.9 Å². The zero-order valence-electron chi connectivity index (χ0n) is 23.7. The molecule has 0 fully saturated rings. The normalized spacial score (nSPS) is 12.6. The Morgan fingerprint density at radius 2 is 1.67 bits per heavy atom. The van der Waals surface area contributed by atoms with E-state index in [1.54, 1.807) is 26.8 Å². The van der Waals surface area contributed by atoms with Crippen LogP contribution >= 0.6 is 0 Å². The fraction of sp³-hybridized carbons (Fsp3) is 0.400. The summed E-state index contributed by atoms with van der Waals surface area (Å²) in [4.78, 5) is 53.5. The summed E-state index contributed by atoms with van der Waals surface area (Å²) in [5, 5.41) is 5.56. The predicted octanol–water partition coefficient (Wildman–Crippen LogP) is 4.47. The highest BCUT2D eigenvalue weighted by Gasteiger charge is 2.36. The molecular formula is C30H40N4O5. The van der Waals surface area contributed by atoms with E-state index in [9.17, 15) is 19.2 Å². The van der Waals surface area contributed by atoms with Gasteiger partial charge >= 0.3 is 6.09 Å². The van der Waals surface area contributed by atoms with Gasteiger partial charge in [-0.25, -0.2) is 4.79 Å². The van der Waals surface area contributed by atoms with Crippen molar-refractivity contribution < 1.29 is 23.9 Å². The third-order valence-corrected chi connectivity index (χ3v) is 5.92. The monoisotopic (exact) mass is 536 g/mol. The Morgan fingerprint density at radius 1 is 1.05 bits per heavy atom. The van der Waals surface area contributed by atoms with Gasteiger partial charge in [-0.05, 0) is 64.7 Å². The molecule has 0 aliphatic carbocycles. The van der Waals surface area contributed by atoms with E-state index in [-0.39, 0.29) is 19.4 Å². The maximum atomic E-state index is 14.0. The van der Waals surface area contributed by atoms with Crippen molar-refractivity contribution >= 4 is 29.5 Å². The zero-order valence-corrected chi connectivity index (χ0v) is 23.7. The molecule has 0 aliphatic heterocycles. The molecule has 2 unspecified atom stereocenters. The SMILES string of the molecule is C=CCN(C(=O)C(CCC(N)=O)NC(=O)OC(C)(C)C)C(C(=O)Nc1c(C)cccc1C)c1cccc(C)c1. The summed E-state index contributed by atoms with van der Waals surface area (Å²) in [5.41, 5.74) is 8.43. The van der Waals surface area contributed by atoms with Gasteiger partial charge in [0.05, 0.1) is 0 Å². The number of nitrogens with zero attached hydrogens (tertiary/aromatic N) is 1. The predicted molar refractivity (Wildman–Crippen MR) is 152 cm³/mol. The Hall–Kier alpha value is -4.14. The highest BCUT2D eigenvalue weighted by atomic mass is 16.6. The summed E-state index contributed by atoms with van der Waals surface area (Å²) < 4.78 is 5.34. The fourth-order valence-corrected chi connectivity index (χ4v) is 4.17. The van der Waals surface area contributed by atoms with Crippen molar-refractivity contribution in [3.8, 4) is 0 Å². The van der Waals surface area contributed by atoms with Gasteiger partial charge in [0.25, 0.3) is 5.91 Å². The third-order valence-electron chi connectivity index (χ3n) is 5.92. The minimum atomic E-state index is -1.17. The highest BCUT2D eigenvalue weighted by molar-refractivity contribution is 6.00. The lowest BCUT2D eigenvalue weighted by molar-refractivity contribution is -0.140. The van der Waals surface area contributed by atoms with Gasteiger partial charge in [0, 0.05) is 18.7 Å². The molecule has 2 aromatic carbocycles. The molecule has 210 valence electrons. The Morgan fingerprint density at radius 3 is 2.21 bits per heavy atom. The first-order valence-electron chi connectivity index (χ1n) is 12.9. The molecule has 0 heterocycles. The number of nitrogens with two attached hydrogens (primary N) is 1. The number of para-hydroxylation sites is 1. The van der Waals surface area contributed by atoms with E-state index in [1.165, 1.54) is 11.0 Å². The number of nitrogens with one attached hydrogen (secondary N) is 2. The zero-order chi connectivity index (χ0) is 29.3. The molecular weight excluding hydrogens is 496 g/mol. The average Bonchev–Trinajstić information content (AvgIpc) is 2.82. The summed E-state index contributed by atoms with van der Waals surface area (Å²) in [7, 11) is 0. The van der Waals surface area contributed by atoms with Crippen molar-refractivity contribution in [2.24, 2.45) is 5.73 Å². The number of anilines is 1. The van der Waals surface area contributed by atoms with E-state index < -0.39 is 41.5 Å². The van der Waals surface area contributed by atoms with Crippen LogP contribution in [0.2, 0.25) is 0 Å². The molecule has 4 N–H and O–H groups in total. The van der Waals surface area contributed by atoms with Crippen LogP contribution in [-0.2, 0) is 19.1 Å². The molecule has 0 saturated heterocycles. The molecule has 2 atom stereocenters. The van der Waals surface area contributed by atoms with E-state index in [0.29, 0.717) is 11.3 Å². The Kier molecular flexibility index (Phi) is 10.8. The molecule has 4 amide bonds. The smallest absolute Gasteiger partial charge is 0.408 e. The maximum absolute atomic E-state index is 14.0. The summed E-state index contributed by atoms with van der Waals surface area (Å²) in [6, 6.07) is 10.7. The fourth-order valence-electron chi connectivity index (χ4n) is 4.17. The van der Waals surface area contributed by atoms with Crippen molar-refractivity contribution in [1.29, 1.82) is 0 Å². The molecule has 0 spiro atoms. The molecule has 9 heteroatoms. The summed E-state index contributed by atoms with van der Waals surface area (Å²) >= 11 is 0. The minimum absolute atomic E-state index is 0.000680. The van der Waals surface area contributed by atoms with Gasteiger partial charge in [0.15, 0.2) is 0 Å². The van der Waals surface area contributed by atoms with Crippen LogP contribution in [0.15, 0.2) is 55.1 Å². The van der Waals surface area contributed by atoms with Crippen LogP contribution in [0, 0.1) is 20.8 Å². The lowest BCUT2D eigenvalue weighted by atomic mass is 9.99. The summed E-state index contributed by atoms with van der Waals surface area (Å²) in [6.45, 7) is 14.5. The minimum Gasteiger partial charge on any atom is -0.444 e. The van der Waals surface area contributed by atoms with Crippen molar-refractivity contribution in [1.82, 2.24) is 10.2 Å². The molecule has 2 rings (SSSR count). The number of benzene rings is 2. The van der Waals surface area contributed by atoms with E-state index in [0.717, 1.165) is 16.7 Å². The molecule has 9 nitrogen and oxygen atoms in total. The van der Waals surface area contributed by atoms with Gasteiger partial charge in [0.2, 0.25) is 11.8 Å². The second-order valence-corrected chi connectivity index (χ2v) is 10.6. The first-order valence-corrected chi connectivity index (χ1v) is 12.9. The number of ether oxygens (including phenoxy) is 1. The first-order chi connectivity index (χ1) is 18.2. The number of primary amides is 1. The van der Waals surface area contributed by atoms with Crippen LogP contribution in [0.5, 0.6) is 0 Å². The van der Waals surface area contributed by atoms with Crippen LogP contribution in [0.4, 0.5) is 10.5 Å². The third kappa shape index (κ3) is 9.28. The van der Waals surface area contributed by atoms with E-state index in [2.05, 4.69) is 17.2 Å². The van der Waals surface area contributed by atoms with Crippen molar-refractivity contribution in [3.63, 3.8) is 0 Å². The number of rotatable bonds is 11. The second kappa shape index (κ2) is 13.6. The molecule has 0 radical (unpaired) electrons. The largest absolute Gasteiger partial charge is 0.444 e. The number of carbonyl (C=O) groups excluding carboxylic acids is 4. The Labute approximate surface area is 230 Å². The topological polar surface area (TPSA) is 131 Å². The second-order valence-electron chi connectivity index (χ2n) is 10.6. The summed E-state index contributed by atoms with van der Waals surface area (Å²) in [6.07, 6.45) is 0.458. The van der Waals surface area contributed by atoms with E-state index in [1.807, 2.05) is 57.2 Å². The first kappa shape index (κ1) is 31.1. The van der Waals surface area contributed by atoms with Crippen LogP contribution < -0.4 is 16.4 Å². The molecule has 0 saturated carbocycles. The Balaban J connectivity index is 2.55. The van der Waals surface area contributed by atoms with Gasteiger partial charge in [-0.2, -0.15) is 0 Å². The number of carbonyl (C=O) groups is 4. The average molecular weight is 537 g/mol. The van der Waals surface area contributed by atoms with Gasteiger partial charge in [-0.3, -0.25) is 14.4 Å². The van der Waals surface area contributed by atoms with Crippen molar-refractivity contribution in [2.75, 3.05) is 11.9 Å². The van der Waals surface area contributed by atoms with Crippen LogP contribution in [-0.4, -0.2) is 46.9 Å². The van der Waals surface area contributed by atoms with Crippen LogP contribution in [0.25, 0.3) is 0 Å². The quantitative estimate of drug-likeness (QED) is 0.365. The van der Waals surface area contributed by atoms with Crippen molar-refractivity contribution in [2.45, 2.75) is 72.1 Å². The molecule has 0 bridgehead atoms. The Bertz CT molecular complexity index is 1200. The highest BCUT2D eigenvalue weighted by Crippen LogP contribution is 2.28. The number of hydrogen-bond donors (Lipinski definition) is 3. The van der Waals surface area contributed by atoms with Crippen molar-refractivity contribution in [3.05, 3.63) is 77.4 Å². The van der Waals surface area contributed by atoms with E-state index in [4.69, 9.17) is 10.5 Å². The van der Waals surface area contributed by atoms with E-state index >= 15 is 0 Å². The molecule has 0 aliphatic rings. The maximum Gasteiger partial charge on any atom is 0.408 e. The van der Waals surface area contributed by atoms with Crippen LogP contribution in [0.3, 0.4) is 0 Å². The number of aryl methyl sites for hydroxylation is 3. The lowest BCUT2D eigenvalue weighted by Gasteiger charge is -2.34. The standard InChI is InChI=1S/C30H40N4O5/c1-8-17-34(28(37)23(15-16-24(31)35)32-29(38)39-30(5,6)7)26(22-14-9-11-19(2)18-22)27(36)33-25-20(3)12-10-13-21(25)4/h8-14,18,23,26H,1,15-17H2,2-7H3,(H2,31,35)(H,32,38)(H,33,36). The van der Waals surface area contributed by atoms with Gasteiger partial charge in [-0.15, -0.1) is 6.58 Å². The lowest BCUT2D eigenvalue weighted by Crippen LogP contribution is -2.52. The molecule has 0 aromatic heterocycles. The van der Waals surface area contributed by atoms with Gasteiger partial charge < -0.3 is 26.0 Å². The molecule has 2 aromatic rings. The number of amides is 4. The van der Waals surface area contributed by atoms with Gasteiger partial charge in [0.1, 0.15) is 17.7 Å².